The summed E-state index contributed by atoms with van der Waals surface area (Å²) in [6.07, 6.45) is 0.469. The third-order valence-corrected chi connectivity index (χ3v) is 4.43. The average molecular weight is 351 g/mol. The van der Waals surface area contributed by atoms with Crippen LogP contribution in [0, 0.1) is 0 Å². The number of benzene rings is 2. The van der Waals surface area contributed by atoms with Crippen molar-refractivity contribution in [1.29, 1.82) is 0 Å². The van der Waals surface area contributed by atoms with Gasteiger partial charge in [-0.1, -0.05) is 38.1 Å². The van der Waals surface area contributed by atoms with Crippen LogP contribution in [-0.4, -0.2) is 17.8 Å². The Morgan fingerprint density at radius 1 is 0.962 bits per heavy atom. The zero-order valence-corrected chi connectivity index (χ0v) is 14.9. The Morgan fingerprint density at radius 2 is 1.54 bits per heavy atom. The smallest absolute Gasteiger partial charge is 0.338 e. The Balaban J connectivity index is 1.61. The first-order valence-corrected chi connectivity index (χ1v) is 8.67. The first kappa shape index (κ1) is 17.9. The highest BCUT2D eigenvalue weighted by Gasteiger charge is 2.30. The van der Waals surface area contributed by atoms with E-state index in [0.29, 0.717) is 17.2 Å². The van der Waals surface area contributed by atoms with Gasteiger partial charge in [-0.2, -0.15) is 0 Å². The van der Waals surface area contributed by atoms with Gasteiger partial charge < -0.3 is 4.74 Å². The predicted molar refractivity (Wildman–Crippen MR) is 97.8 cm³/mol. The SMILES string of the molecule is CC(C)c1ccc(COC(=O)c2ccc(N3C(=O)CCC3=O)cc2)cc1. The second-order valence-electron chi connectivity index (χ2n) is 6.64. The van der Waals surface area contributed by atoms with Crippen molar-refractivity contribution in [2.24, 2.45) is 0 Å². The number of rotatable bonds is 5. The van der Waals surface area contributed by atoms with Crippen LogP contribution >= 0.6 is 0 Å². The van der Waals surface area contributed by atoms with Gasteiger partial charge in [0.25, 0.3) is 0 Å². The minimum atomic E-state index is -0.441. The second-order valence-corrected chi connectivity index (χ2v) is 6.64. The first-order valence-electron chi connectivity index (χ1n) is 8.67. The van der Waals surface area contributed by atoms with Gasteiger partial charge in [-0.05, 0) is 41.3 Å². The summed E-state index contributed by atoms with van der Waals surface area (Å²) in [5, 5.41) is 0. The fourth-order valence-electron chi connectivity index (χ4n) is 2.84. The third-order valence-electron chi connectivity index (χ3n) is 4.43. The molecule has 2 aromatic rings. The number of carbonyl (C=O) groups is 3. The van der Waals surface area contributed by atoms with Crippen molar-refractivity contribution < 1.29 is 19.1 Å². The van der Waals surface area contributed by atoms with Crippen LogP contribution in [0.5, 0.6) is 0 Å². The molecule has 3 rings (SSSR count). The standard InChI is InChI=1S/C21H21NO4/c1-14(2)16-5-3-15(4-6-16)13-26-21(25)17-7-9-18(10-8-17)22-19(23)11-12-20(22)24/h3-10,14H,11-13H2,1-2H3. The van der Waals surface area contributed by atoms with Crippen molar-refractivity contribution in [2.75, 3.05) is 4.90 Å². The molecule has 26 heavy (non-hydrogen) atoms. The Bertz CT molecular complexity index is 806. The molecular formula is C21H21NO4. The van der Waals surface area contributed by atoms with Gasteiger partial charge in [-0.25, -0.2) is 4.79 Å². The van der Waals surface area contributed by atoms with Crippen molar-refractivity contribution in [1.82, 2.24) is 0 Å². The van der Waals surface area contributed by atoms with Gasteiger partial charge in [-0.3, -0.25) is 14.5 Å². The highest BCUT2D eigenvalue weighted by Crippen LogP contribution is 2.23. The molecule has 0 atom stereocenters. The van der Waals surface area contributed by atoms with Crippen molar-refractivity contribution in [3.8, 4) is 0 Å². The summed E-state index contributed by atoms with van der Waals surface area (Å²) in [4.78, 5) is 36.8. The van der Waals surface area contributed by atoms with Crippen LogP contribution in [0.2, 0.25) is 0 Å². The normalized spacial score (nSPS) is 14.2. The largest absolute Gasteiger partial charge is 0.457 e. The molecule has 0 bridgehead atoms. The van der Waals surface area contributed by atoms with Crippen LogP contribution in [0.15, 0.2) is 48.5 Å². The van der Waals surface area contributed by atoms with E-state index in [9.17, 15) is 14.4 Å². The van der Waals surface area contributed by atoms with Crippen molar-refractivity contribution in [3.05, 3.63) is 65.2 Å². The lowest BCUT2D eigenvalue weighted by Gasteiger charge is -2.14. The highest BCUT2D eigenvalue weighted by molar-refractivity contribution is 6.19. The summed E-state index contributed by atoms with van der Waals surface area (Å²) in [5.41, 5.74) is 3.03. The maximum atomic E-state index is 12.2. The molecule has 0 aliphatic carbocycles. The van der Waals surface area contributed by atoms with Gasteiger partial charge in [-0.15, -0.1) is 0 Å². The average Bonchev–Trinajstić information content (AvgIpc) is 2.98. The molecule has 0 N–H and O–H groups in total. The number of imide groups is 1. The minimum Gasteiger partial charge on any atom is -0.457 e. The highest BCUT2D eigenvalue weighted by atomic mass is 16.5. The summed E-state index contributed by atoms with van der Waals surface area (Å²) < 4.78 is 5.34. The van der Waals surface area contributed by atoms with Crippen molar-refractivity contribution in [2.45, 2.75) is 39.2 Å². The molecule has 1 aliphatic rings. The molecule has 2 amide bonds. The van der Waals surface area contributed by atoms with Gasteiger partial charge in [0.2, 0.25) is 11.8 Å². The molecule has 5 heteroatoms. The molecule has 0 unspecified atom stereocenters. The van der Waals surface area contributed by atoms with E-state index in [0.717, 1.165) is 10.5 Å². The van der Waals surface area contributed by atoms with E-state index in [1.165, 1.54) is 5.56 Å². The minimum absolute atomic E-state index is 0.196. The lowest BCUT2D eigenvalue weighted by atomic mass is 10.0. The summed E-state index contributed by atoms with van der Waals surface area (Å²) in [6, 6.07) is 14.3. The molecular weight excluding hydrogens is 330 g/mol. The summed E-state index contributed by atoms with van der Waals surface area (Å²) in [7, 11) is 0. The van der Waals surface area contributed by atoms with Gasteiger partial charge in [0.1, 0.15) is 6.61 Å². The molecule has 0 saturated carbocycles. The Hall–Kier alpha value is -2.95. The van der Waals surface area contributed by atoms with E-state index in [4.69, 9.17) is 4.74 Å². The number of carbonyl (C=O) groups excluding carboxylic acids is 3. The topological polar surface area (TPSA) is 63.7 Å². The molecule has 134 valence electrons. The Kier molecular flexibility index (Phi) is 5.16. The first-order chi connectivity index (χ1) is 12.5. The van der Waals surface area contributed by atoms with E-state index in [2.05, 4.69) is 13.8 Å². The number of amides is 2. The van der Waals surface area contributed by atoms with Gasteiger partial charge >= 0.3 is 5.97 Å². The van der Waals surface area contributed by atoms with Crippen LogP contribution in [-0.2, 0) is 20.9 Å². The van der Waals surface area contributed by atoms with Gasteiger partial charge in [0.15, 0.2) is 0 Å². The summed E-state index contributed by atoms with van der Waals surface area (Å²) in [5.74, 6) is -0.409. The van der Waals surface area contributed by atoms with E-state index >= 15 is 0 Å². The van der Waals surface area contributed by atoms with E-state index in [1.807, 2.05) is 24.3 Å². The fraction of sp³-hybridized carbons (Fsp3) is 0.286. The molecule has 1 fully saturated rings. The molecule has 0 aromatic heterocycles. The lowest BCUT2D eigenvalue weighted by Crippen LogP contribution is -2.28. The molecule has 1 saturated heterocycles. The summed E-state index contributed by atoms with van der Waals surface area (Å²) >= 11 is 0. The second kappa shape index (κ2) is 7.52. The predicted octanol–water partition coefficient (Wildman–Crippen LogP) is 3.82. The summed E-state index contributed by atoms with van der Waals surface area (Å²) in [6.45, 7) is 4.45. The number of ether oxygens (including phenoxy) is 1. The quantitative estimate of drug-likeness (QED) is 0.607. The number of nitrogens with zero attached hydrogens (tertiary/aromatic N) is 1. The molecule has 1 aliphatic heterocycles. The van der Waals surface area contributed by atoms with Crippen LogP contribution in [0.3, 0.4) is 0 Å². The van der Waals surface area contributed by atoms with E-state index in [-0.39, 0.29) is 31.3 Å². The van der Waals surface area contributed by atoms with Gasteiger partial charge in [0, 0.05) is 12.8 Å². The van der Waals surface area contributed by atoms with Crippen LogP contribution < -0.4 is 4.90 Å². The number of anilines is 1. The molecule has 5 nitrogen and oxygen atoms in total. The number of hydrogen-bond acceptors (Lipinski definition) is 4. The Labute approximate surface area is 152 Å². The van der Waals surface area contributed by atoms with E-state index < -0.39 is 5.97 Å². The van der Waals surface area contributed by atoms with Crippen molar-refractivity contribution in [3.63, 3.8) is 0 Å². The molecule has 2 aromatic carbocycles. The fourth-order valence-corrected chi connectivity index (χ4v) is 2.84. The Morgan fingerprint density at radius 3 is 2.08 bits per heavy atom. The third kappa shape index (κ3) is 3.82. The zero-order valence-electron chi connectivity index (χ0n) is 14.9. The number of esters is 1. The molecule has 1 heterocycles. The number of hydrogen-bond donors (Lipinski definition) is 0. The van der Waals surface area contributed by atoms with Crippen LogP contribution in [0.1, 0.15) is 54.1 Å². The molecule has 0 radical (unpaired) electrons. The zero-order chi connectivity index (χ0) is 18.7. The van der Waals surface area contributed by atoms with Gasteiger partial charge in [0.05, 0.1) is 11.3 Å². The monoisotopic (exact) mass is 351 g/mol. The van der Waals surface area contributed by atoms with Crippen LogP contribution in [0.25, 0.3) is 0 Å². The maximum Gasteiger partial charge on any atom is 0.338 e. The lowest BCUT2D eigenvalue weighted by molar-refractivity contribution is -0.121. The maximum absolute atomic E-state index is 12.2. The molecule has 0 spiro atoms. The van der Waals surface area contributed by atoms with Crippen molar-refractivity contribution >= 4 is 23.5 Å². The van der Waals surface area contributed by atoms with E-state index in [1.54, 1.807) is 24.3 Å². The van der Waals surface area contributed by atoms with Crippen LogP contribution in [0.4, 0.5) is 5.69 Å².